The first-order chi connectivity index (χ1) is 12.2. The number of hydrogen-bond acceptors (Lipinski definition) is 2. The van der Waals surface area contributed by atoms with E-state index in [1.165, 1.54) is 25.7 Å². The molecule has 0 bridgehead atoms. The van der Waals surface area contributed by atoms with E-state index in [0.29, 0.717) is 24.9 Å². The molecule has 1 aromatic rings. The number of nitrogens with zero attached hydrogens (tertiary/aromatic N) is 2. The second-order valence-corrected chi connectivity index (χ2v) is 7.27. The largest absolute Gasteiger partial charge is 0.357 e. The lowest BCUT2D eigenvalue weighted by molar-refractivity contribution is -0.121. The number of guanidine groups is 1. The van der Waals surface area contributed by atoms with Gasteiger partial charge in [-0.3, -0.25) is 9.79 Å². The molecule has 1 saturated heterocycles. The van der Waals surface area contributed by atoms with E-state index >= 15 is 0 Å². The van der Waals surface area contributed by atoms with Gasteiger partial charge in [0.2, 0.25) is 5.91 Å². The number of benzene rings is 1. The van der Waals surface area contributed by atoms with Crippen LogP contribution in [0.4, 0.5) is 0 Å². The molecule has 0 unspecified atom stereocenters. The quantitative estimate of drug-likeness (QED) is 0.382. The summed E-state index contributed by atoms with van der Waals surface area (Å²) in [6.45, 7) is 6.29. The van der Waals surface area contributed by atoms with Crippen LogP contribution in [-0.4, -0.2) is 42.9 Å². The van der Waals surface area contributed by atoms with Crippen molar-refractivity contribution in [2.75, 3.05) is 26.2 Å². The van der Waals surface area contributed by atoms with Gasteiger partial charge in [0, 0.05) is 32.6 Å². The van der Waals surface area contributed by atoms with Gasteiger partial charge >= 0.3 is 0 Å². The van der Waals surface area contributed by atoms with Crippen LogP contribution in [0.15, 0.2) is 35.3 Å². The number of carbonyl (C=O) groups excluding carboxylic acids is 1. The second kappa shape index (κ2) is 10.1. The first-order valence-electron chi connectivity index (χ1n) is 9.55. The van der Waals surface area contributed by atoms with E-state index in [9.17, 15) is 4.79 Å². The number of nitrogens with one attached hydrogen (secondary N) is 2. The van der Waals surface area contributed by atoms with Crippen molar-refractivity contribution in [3.05, 3.63) is 35.9 Å². The summed E-state index contributed by atoms with van der Waals surface area (Å²) >= 11 is 0. The third-order valence-corrected chi connectivity index (χ3v) is 5.42. The van der Waals surface area contributed by atoms with E-state index < -0.39 is 0 Å². The van der Waals surface area contributed by atoms with E-state index in [2.05, 4.69) is 27.4 Å². The van der Waals surface area contributed by atoms with Crippen LogP contribution in [0.5, 0.6) is 0 Å². The minimum Gasteiger partial charge on any atom is -0.357 e. The Kier molecular flexibility index (Phi) is 8.18. The maximum atomic E-state index is 12.0. The minimum absolute atomic E-state index is 0. The van der Waals surface area contributed by atoms with Crippen molar-refractivity contribution < 1.29 is 4.79 Å². The van der Waals surface area contributed by atoms with Gasteiger partial charge in [-0.1, -0.05) is 36.8 Å². The molecule has 5 nitrogen and oxygen atoms in total. The molecular formula is C20H31IN4O. The fraction of sp³-hybridized carbons (Fsp3) is 0.600. The van der Waals surface area contributed by atoms with Crippen LogP contribution in [0.2, 0.25) is 0 Å². The standard InChI is InChI=1S/C20H30N4O.HI/c1-2-21-19(24-14-12-20(16-24)10-6-11-20)22-13-9-18(25)23-15-17-7-4-3-5-8-17;/h3-5,7-8H,2,6,9-16H2,1H3,(H,21,22)(H,23,25);1H. The Morgan fingerprint density at radius 1 is 1.19 bits per heavy atom. The maximum Gasteiger partial charge on any atom is 0.222 e. The summed E-state index contributed by atoms with van der Waals surface area (Å²) in [5, 5.41) is 6.35. The van der Waals surface area contributed by atoms with Gasteiger partial charge in [-0.2, -0.15) is 0 Å². The van der Waals surface area contributed by atoms with Crippen molar-refractivity contribution in [3.63, 3.8) is 0 Å². The van der Waals surface area contributed by atoms with Crippen molar-refractivity contribution >= 4 is 35.8 Å². The molecule has 3 rings (SSSR count). The van der Waals surface area contributed by atoms with Crippen LogP contribution >= 0.6 is 24.0 Å². The average molecular weight is 470 g/mol. The highest BCUT2D eigenvalue weighted by Crippen LogP contribution is 2.47. The second-order valence-electron chi connectivity index (χ2n) is 7.27. The molecule has 1 aliphatic carbocycles. The third-order valence-electron chi connectivity index (χ3n) is 5.42. The van der Waals surface area contributed by atoms with Crippen LogP contribution in [-0.2, 0) is 11.3 Å². The first-order valence-corrected chi connectivity index (χ1v) is 9.55. The van der Waals surface area contributed by atoms with Crippen LogP contribution in [0.25, 0.3) is 0 Å². The molecule has 2 fully saturated rings. The zero-order valence-electron chi connectivity index (χ0n) is 15.7. The van der Waals surface area contributed by atoms with Gasteiger partial charge in [0.15, 0.2) is 5.96 Å². The van der Waals surface area contributed by atoms with Crippen molar-refractivity contribution in [3.8, 4) is 0 Å². The SMILES string of the molecule is CCNC(=NCCC(=O)NCc1ccccc1)N1CCC2(CCC2)C1.I. The Labute approximate surface area is 174 Å². The van der Waals surface area contributed by atoms with Crippen molar-refractivity contribution in [2.24, 2.45) is 10.4 Å². The minimum atomic E-state index is 0. The van der Waals surface area contributed by atoms with Crippen LogP contribution in [0.1, 0.15) is 44.6 Å². The molecule has 1 aromatic carbocycles. The predicted octanol–water partition coefficient (Wildman–Crippen LogP) is 3.15. The fourth-order valence-electron chi connectivity index (χ4n) is 3.77. The smallest absolute Gasteiger partial charge is 0.222 e. The summed E-state index contributed by atoms with van der Waals surface area (Å²) in [6.07, 6.45) is 5.83. The summed E-state index contributed by atoms with van der Waals surface area (Å²) < 4.78 is 0. The molecule has 26 heavy (non-hydrogen) atoms. The molecule has 2 N–H and O–H groups in total. The van der Waals surface area contributed by atoms with E-state index in [1.54, 1.807) is 0 Å². The van der Waals surface area contributed by atoms with Crippen LogP contribution in [0, 0.1) is 5.41 Å². The van der Waals surface area contributed by atoms with E-state index in [1.807, 2.05) is 30.3 Å². The fourth-order valence-corrected chi connectivity index (χ4v) is 3.77. The van der Waals surface area contributed by atoms with E-state index in [4.69, 9.17) is 0 Å². The first kappa shape index (κ1) is 21.0. The highest BCUT2D eigenvalue weighted by molar-refractivity contribution is 14.0. The molecule has 0 aromatic heterocycles. The molecule has 144 valence electrons. The summed E-state index contributed by atoms with van der Waals surface area (Å²) in [5.74, 6) is 1.03. The Balaban J connectivity index is 0.00000243. The lowest BCUT2D eigenvalue weighted by atomic mass is 9.68. The summed E-state index contributed by atoms with van der Waals surface area (Å²) in [6, 6.07) is 9.99. The van der Waals surface area contributed by atoms with Gasteiger partial charge in [-0.25, -0.2) is 0 Å². The molecule has 6 heteroatoms. The van der Waals surface area contributed by atoms with Gasteiger partial charge in [-0.05, 0) is 37.2 Å². The highest BCUT2D eigenvalue weighted by atomic mass is 127. The van der Waals surface area contributed by atoms with E-state index in [-0.39, 0.29) is 29.9 Å². The number of aliphatic imine (C=N–C) groups is 1. The molecule has 1 aliphatic heterocycles. The number of hydrogen-bond donors (Lipinski definition) is 2. The topological polar surface area (TPSA) is 56.7 Å². The summed E-state index contributed by atoms with van der Waals surface area (Å²) in [7, 11) is 0. The molecule has 1 spiro atoms. The molecule has 0 atom stereocenters. The average Bonchev–Trinajstić information content (AvgIpc) is 3.06. The van der Waals surface area contributed by atoms with Crippen molar-refractivity contribution in [2.45, 2.75) is 45.6 Å². The third kappa shape index (κ3) is 5.59. The van der Waals surface area contributed by atoms with Gasteiger partial charge < -0.3 is 15.5 Å². The monoisotopic (exact) mass is 470 g/mol. The Bertz CT molecular complexity index is 601. The molecule has 2 aliphatic rings. The Morgan fingerprint density at radius 2 is 1.96 bits per heavy atom. The molecular weight excluding hydrogens is 439 g/mol. The molecule has 1 heterocycles. The van der Waals surface area contributed by atoms with Gasteiger partial charge in [0.25, 0.3) is 0 Å². The molecule has 1 amide bonds. The number of rotatable bonds is 6. The zero-order chi connectivity index (χ0) is 17.5. The van der Waals surface area contributed by atoms with Crippen molar-refractivity contribution in [1.82, 2.24) is 15.5 Å². The molecule has 0 radical (unpaired) electrons. The molecule has 1 saturated carbocycles. The number of halogens is 1. The van der Waals surface area contributed by atoms with Crippen LogP contribution < -0.4 is 10.6 Å². The number of carbonyl (C=O) groups is 1. The Morgan fingerprint density at radius 3 is 2.58 bits per heavy atom. The zero-order valence-corrected chi connectivity index (χ0v) is 18.0. The highest BCUT2D eigenvalue weighted by Gasteiger charge is 2.43. The summed E-state index contributed by atoms with van der Waals surface area (Å²) in [5.41, 5.74) is 1.68. The lowest BCUT2D eigenvalue weighted by Gasteiger charge is -2.38. The lowest BCUT2D eigenvalue weighted by Crippen LogP contribution is -2.42. The van der Waals surface area contributed by atoms with Gasteiger partial charge in [0.05, 0.1) is 6.54 Å². The maximum absolute atomic E-state index is 12.0. The van der Waals surface area contributed by atoms with E-state index in [0.717, 1.165) is 31.2 Å². The van der Waals surface area contributed by atoms with Gasteiger partial charge in [0.1, 0.15) is 0 Å². The number of amides is 1. The predicted molar refractivity (Wildman–Crippen MR) is 117 cm³/mol. The van der Waals surface area contributed by atoms with Crippen LogP contribution in [0.3, 0.4) is 0 Å². The number of likely N-dealkylation sites (tertiary alicyclic amines) is 1. The van der Waals surface area contributed by atoms with Gasteiger partial charge in [-0.15, -0.1) is 24.0 Å². The normalized spacial score (nSPS) is 18.2. The summed E-state index contributed by atoms with van der Waals surface area (Å²) in [4.78, 5) is 19.1. The van der Waals surface area contributed by atoms with Crippen molar-refractivity contribution in [1.29, 1.82) is 0 Å². The Hall–Kier alpha value is -1.31.